The van der Waals surface area contributed by atoms with Crippen molar-refractivity contribution in [3.63, 3.8) is 0 Å². The van der Waals surface area contributed by atoms with Crippen LogP contribution in [0.4, 0.5) is 0 Å². The zero-order chi connectivity index (χ0) is 14.8. The van der Waals surface area contributed by atoms with Gasteiger partial charge in [-0.25, -0.2) is 13.1 Å². The number of hydrogen-bond acceptors (Lipinski definition) is 2. The summed E-state index contributed by atoms with van der Waals surface area (Å²) in [6, 6.07) is 13.2. The van der Waals surface area contributed by atoms with Crippen LogP contribution in [0, 0.1) is 0 Å². The van der Waals surface area contributed by atoms with Gasteiger partial charge in [0.1, 0.15) is 0 Å². The van der Waals surface area contributed by atoms with Gasteiger partial charge in [0.05, 0.1) is 4.90 Å². The van der Waals surface area contributed by atoms with Crippen LogP contribution >= 0.6 is 27.5 Å². The van der Waals surface area contributed by atoms with E-state index < -0.39 is 16.1 Å². The highest BCUT2D eigenvalue weighted by Crippen LogP contribution is 2.24. The van der Waals surface area contributed by atoms with Crippen LogP contribution in [0.25, 0.3) is 0 Å². The topological polar surface area (TPSA) is 46.2 Å². The van der Waals surface area contributed by atoms with E-state index in [0.717, 1.165) is 10.0 Å². The predicted octanol–water partition coefficient (Wildman–Crippen LogP) is 4.14. The molecule has 0 bridgehead atoms. The Bertz CT molecular complexity index is 701. The first kappa shape index (κ1) is 15.5. The monoisotopic (exact) mass is 373 g/mol. The summed E-state index contributed by atoms with van der Waals surface area (Å²) >= 11 is 9.35. The summed E-state index contributed by atoms with van der Waals surface area (Å²) in [5.74, 6) is 0. The molecule has 0 aliphatic rings. The minimum absolute atomic E-state index is 0.222. The summed E-state index contributed by atoms with van der Waals surface area (Å²) in [5, 5.41) is 0.540. The second-order valence-corrected chi connectivity index (χ2v) is 7.36. The van der Waals surface area contributed by atoms with Gasteiger partial charge >= 0.3 is 0 Å². The van der Waals surface area contributed by atoms with Crippen LogP contribution in [0.3, 0.4) is 0 Å². The van der Waals surface area contributed by atoms with Gasteiger partial charge in [0.25, 0.3) is 0 Å². The molecule has 2 aromatic rings. The molecule has 0 aliphatic carbocycles. The number of halogens is 2. The molecule has 0 aromatic heterocycles. The molecule has 0 spiro atoms. The third-order valence-electron chi connectivity index (χ3n) is 2.83. The molecule has 2 aromatic carbocycles. The average Bonchev–Trinajstić information content (AvgIpc) is 2.39. The highest BCUT2D eigenvalue weighted by molar-refractivity contribution is 9.10. The maximum atomic E-state index is 12.3. The Labute approximate surface area is 132 Å². The number of hydrogen-bond donors (Lipinski definition) is 1. The van der Waals surface area contributed by atoms with Crippen molar-refractivity contribution in [2.45, 2.75) is 17.9 Å². The van der Waals surface area contributed by atoms with Gasteiger partial charge in [-0.3, -0.25) is 0 Å². The van der Waals surface area contributed by atoms with E-state index in [1.807, 2.05) is 12.1 Å². The molecule has 0 amide bonds. The summed E-state index contributed by atoms with van der Waals surface area (Å²) < 4.78 is 28.0. The second-order valence-electron chi connectivity index (χ2n) is 4.32. The largest absolute Gasteiger partial charge is 0.241 e. The first-order valence-electron chi connectivity index (χ1n) is 5.92. The maximum Gasteiger partial charge on any atom is 0.241 e. The Balaban J connectivity index is 2.24. The number of rotatable bonds is 4. The van der Waals surface area contributed by atoms with E-state index in [4.69, 9.17) is 11.6 Å². The third-order valence-corrected chi connectivity index (χ3v) is 5.26. The summed E-state index contributed by atoms with van der Waals surface area (Å²) in [6.07, 6.45) is 0. The fourth-order valence-corrected chi connectivity index (χ4v) is 3.59. The zero-order valence-electron chi connectivity index (χ0n) is 10.7. The Morgan fingerprint density at radius 1 is 1.10 bits per heavy atom. The molecule has 1 unspecified atom stereocenters. The lowest BCUT2D eigenvalue weighted by molar-refractivity contribution is 0.567. The van der Waals surface area contributed by atoms with Crippen molar-refractivity contribution in [1.29, 1.82) is 0 Å². The molecule has 0 aliphatic heterocycles. The number of benzene rings is 2. The van der Waals surface area contributed by atoms with Crippen LogP contribution in [0.15, 0.2) is 57.9 Å². The molecule has 1 atom stereocenters. The smallest absolute Gasteiger partial charge is 0.207 e. The molecule has 20 heavy (non-hydrogen) atoms. The van der Waals surface area contributed by atoms with Crippen molar-refractivity contribution in [3.8, 4) is 0 Å². The molecule has 6 heteroatoms. The lowest BCUT2D eigenvalue weighted by Crippen LogP contribution is -2.27. The maximum absolute atomic E-state index is 12.3. The molecule has 1 N–H and O–H groups in total. The summed E-state index contributed by atoms with van der Waals surface area (Å²) in [4.78, 5) is 0.222. The van der Waals surface area contributed by atoms with E-state index in [1.165, 1.54) is 0 Å². The van der Waals surface area contributed by atoms with Crippen molar-refractivity contribution in [1.82, 2.24) is 4.72 Å². The normalized spacial score (nSPS) is 13.2. The third kappa shape index (κ3) is 3.61. The van der Waals surface area contributed by atoms with Crippen LogP contribution in [-0.4, -0.2) is 8.42 Å². The van der Waals surface area contributed by atoms with Gasteiger partial charge in [0.15, 0.2) is 0 Å². The fourth-order valence-electron chi connectivity index (χ4n) is 1.80. The van der Waals surface area contributed by atoms with Gasteiger partial charge in [-0.2, -0.15) is 0 Å². The Morgan fingerprint density at radius 3 is 2.30 bits per heavy atom. The first-order valence-corrected chi connectivity index (χ1v) is 8.58. The predicted molar refractivity (Wildman–Crippen MR) is 84.3 cm³/mol. The van der Waals surface area contributed by atoms with E-state index in [0.29, 0.717) is 5.02 Å². The van der Waals surface area contributed by atoms with Gasteiger partial charge in [-0.15, -0.1) is 0 Å². The molecule has 0 heterocycles. The molecule has 3 nitrogen and oxygen atoms in total. The quantitative estimate of drug-likeness (QED) is 0.874. The number of sulfonamides is 1. The highest BCUT2D eigenvalue weighted by Gasteiger charge is 2.19. The first-order chi connectivity index (χ1) is 9.40. The molecule has 0 saturated carbocycles. The van der Waals surface area contributed by atoms with Crippen molar-refractivity contribution in [3.05, 3.63) is 63.6 Å². The van der Waals surface area contributed by atoms with Gasteiger partial charge in [0, 0.05) is 15.5 Å². The van der Waals surface area contributed by atoms with E-state index in [9.17, 15) is 8.42 Å². The van der Waals surface area contributed by atoms with Crippen LogP contribution in [-0.2, 0) is 10.0 Å². The molecular weight excluding hydrogens is 362 g/mol. The molecule has 106 valence electrons. The minimum Gasteiger partial charge on any atom is -0.207 e. The van der Waals surface area contributed by atoms with E-state index in [2.05, 4.69) is 20.7 Å². The minimum atomic E-state index is -3.57. The lowest BCUT2D eigenvalue weighted by atomic mass is 10.1. The standard InChI is InChI=1S/C14H13BrClNO2S/c1-10(13-4-2-3-5-14(13)16)17-20(18,19)12-8-6-11(15)7-9-12/h2-10,17H,1H3. The fraction of sp³-hybridized carbons (Fsp3) is 0.143. The van der Waals surface area contributed by atoms with Gasteiger partial charge in [-0.05, 0) is 42.8 Å². The molecule has 0 saturated heterocycles. The molecule has 2 rings (SSSR count). The lowest BCUT2D eigenvalue weighted by Gasteiger charge is -2.16. The Hall–Kier alpha value is -0.880. The molecule has 0 fully saturated rings. The van der Waals surface area contributed by atoms with Crippen molar-refractivity contribution in [2.75, 3.05) is 0 Å². The zero-order valence-corrected chi connectivity index (χ0v) is 13.8. The highest BCUT2D eigenvalue weighted by atomic mass is 79.9. The van der Waals surface area contributed by atoms with E-state index in [1.54, 1.807) is 43.3 Å². The average molecular weight is 375 g/mol. The van der Waals surface area contributed by atoms with Crippen LogP contribution in [0.1, 0.15) is 18.5 Å². The summed E-state index contributed by atoms with van der Waals surface area (Å²) in [7, 11) is -3.57. The van der Waals surface area contributed by atoms with E-state index in [-0.39, 0.29) is 4.90 Å². The van der Waals surface area contributed by atoms with Crippen molar-refractivity contribution >= 4 is 37.6 Å². The van der Waals surface area contributed by atoms with Gasteiger partial charge in [-0.1, -0.05) is 45.7 Å². The Kier molecular flexibility index (Phi) is 4.86. The van der Waals surface area contributed by atoms with Gasteiger partial charge < -0.3 is 0 Å². The van der Waals surface area contributed by atoms with Crippen LogP contribution in [0.2, 0.25) is 5.02 Å². The van der Waals surface area contributed by atoms with Crippen molar-refractivity contribution < 1.29 is 8.42 Å². The van der Waals surface area contributed by atoms with E-state index >= 15 is 0 Å². The molecule has 0 radical (unpaired) electrons. The SMILES string of the molecule is CC(NS(=O)(=O)c1ccc(Br)cc1)c1ccccc1Cl. The van der Waals surface area contributed by atoms with Crippen LogP contribution in [0.5, 0.6) is 0 Å². The van der Waals surface area contributed by atoms with Crippen LogP contribution < -0.4 is 4.72 Å². The number of nitrogens with one attached hydrogen (secondary N) is 1. The molecular formula is C14H13BrClNO2S. The Morgan fingerprint density at radius 2 is 1.70 bits per heavy atom. The van der Waals surface area contributed by atoms with Gasteiger partial charge in [0.2, 0.25) is 10.0 Å². The van der Waals surface area contributed by atoms with Crippen molar-refractivity contribution in [2.24, 2.45) is 0 Å². The second kappa shape index (κ2) is 6.26. The summed E-state index contributed by atoms with van der Waals surface area (Å²) in [6.45, 7) is 1.76. The summed E-state index contributed by atoms with van der Waals surface area (Å²) in [5.41, 5.74) is 0.745.